The Balaban J connectivity index is 1.91. The van der Waals surface area contributed by atoms with Gasteiger partial charge in [0.05, 0.1) is 10.9 Å². The van der Waals surface area contributed by atoms with E-state index in [1.54, 1.807) is 18.2 Å². The predicted molar refractivity (Wildman–Crippen MR) is 73.5 cm³/mol. The Kier molecular flexibility index (Phi) is 3.06. The van der Waals surface area contributed by atoms with E-state index in [0.717, 1.165) is 25.7 Å². The summed E-state index contributed by atoms with van der Waals surface area (Å²) in [5.74, 6) is 0.482. The molecule has 6 heteroatoms. The minimum Gasteiger partial charge on any atom is -0.328 e. The van der Waals surface area contributed by atoms with Crippen molar-refractivity contribution in [1.29, 1.82) is 0 Å². The molecule has 5 nitrogen and oxygen atoms in total. The van der Waals surface area contributed by atoms with Crippen molar-refractivity contribution >= 4 is 15.9 Å². The number of rotatable bonds is 1. The fourth-order valence-corrected chi connectivity index (χ4v) is 3.88. The largest absolute Gasteiger partial charge is 0.328 e. The summed E-state index contributed by atoms with van der Waals surface area (Å²) in [6.45, 7) is 0. The maximum Gasteiger partial charge on any atom is 0.263 e. The summed E-state index contributed by atoms with van der Waals surface area (Å²) in [5, 5.41) is 0. The van der Waals surface area contributed by atoms with E-state index in [2.05, 4.69) is 9.71 Å². The molecule has 19 heavy (non-hydrogen) atoms. The van der Waals surface area contributed by atoms with Gasteiger partial charge in [0.1, 0.15) is 5.84 Å². The molecule has 0 saturated heterocycles. The first-order chi connectivity index (χ1) is 9.06. The van der Waals surface area contributed by atoms with Crippen LogP contribution in [0.25, 0.3) is 0 Å². The highest BCUT2D eigenvalue weighted by atomic mass is 32.2. The van der Waals surface area contributed by atoms with Gasteiger partial charge >= 0.3 is 0 Å². The van der Waals surface area contributed by atoms with E-state index in [1.165, 1.54) is 0 Å². The van der Waals surface area contributed by atoms with Gasteiger partial charge in [-0.25, -0.2) is 8.42 Å². The first kappa shape index (κ1) is 12.6. The van der Waals surface area contributed by atoms with E-state index in [9.17, 15) is 8.42 Å². The summed E-state index contributed by atoms with van der Waals surface area (Å²) in [6, 6.07) is 7.39. The quantitative estimate of drug-likeness (QED) is 0.804. The van der Waals surface area contributed by atoms with Gasteiger partial charge in [0, 0.05) is 11.6 Å². The highest BCUT2D eigenvalue weighted by Gasteiger charge is 2.31. The summed E-state index contributed by atoms with van der Waals surface area (Å²) in [6.07, 6.45) is 3.76. The SMILES string of the molecule is NC1CCC(N=C2NS(=O)(=O)c3ccccc32)CC1. The molecule has 3 N–H and O–H groups in total. The highest BCUT2D eigenvalue weighted by Crippen LogP contribution is 2.25. The number of amidine groups is 1. The van der Waals surface area contributed by atoms with Gasteiger partial charge in [-0.3, -0.25) is 9.71 Å². The van der Waals surface area contributed by atoms with Crippen molar-refractivity contribution in [3.63, 3.8) is 0 Å². The summed E-state index contributed by atoms with van der Waals surface area (Å²) >= 11 is 0. The van der Waals surface area contributed by atoms with Crippen molar-refractivity contribution in [1.82, 2.24) is 4.72 Å². The fourth-order valence-electron chi connectivity index (χ4n) is 2.64. The van der Waals surface area contributed by atoms with Crippen LogP contribution in [0.5, 0.6) is 0 Å². The van der Waals surface area contributed by atoms with Gasteiger partial charge in [-0.2, -0.15) is 0 Å². The number of nitrogens with one attached hydrogen (secondary N) is 1. The van der Waals surface area contributed by atoms with E-state index in [-0.39, 0.29) is 12.1 Å². The summed E-state index contributed by atoms with van der Waals surface area (Å²) in [7, 11) is -3.42. The van der Waals surface area contributed by atoms with E-state index < -0.39 is 10.0 Å². The summed E-state index contributed by atoms with van der Waals surface area (Å²) in [4.78, 5) is 4.90. The molecule has 1 aliphatic carbocycles. The van der Waals surface area contributed by atoms with Gasteiger partial charge in [-0.1, -0.05) is 12.1 Å². The first-order valence-electron chi connectivity index (χ1n) is 6.52. The lowest BCUT2D eigenvalue weighted by Gasteiger charge is -2.23. The molecule has 1 aromatic carbocycles. The lowest BCUT2D eigenvalue weighted by molar-refractivity contribution is 0.396. The minimum absolute atomic E-state index is 0.170. The second-order valence-corrected chi connectivity index (χ2v) is 6.80. The molecular formula is C13H17N3O2S. The van der Waals surface area contributed by atoms with E-state index in [0.29, 0.717) is 16.3 Å². The van der Waals surface area contributed by atoms with Crippen LogP contribution < -0.4 is 10.5 Å². The minimum atomic E-state index is -3.42. The molecule has 1 heterocycles. The average molecular weight is 279 g/mol. The number of nitrogens with two attached hydrogens (primary N) is 1. The molecule has 2 aliphatic rings. The number of sulfonamides is 1. The summed E-state index contributed by atoms with van der Waals surface area (Å²) in [5.41, 5.74) is 6.54. The number of benzene rings is 1. The maximum atomic E-state index is 11.9. The molecule has 1 fully saturated rings. The number of hydrogen-bond donors (Lipinski definition) is 2. The Hall–Kier alpha value is -1.40. The Morgan fingerprint density at radius 1 is 1.16 bits per heavy atom. The van der Waals surface area contributed by atoms with Crippen LogP contribution in [0.2, 0.25) is 0 Å². The van der Waals surface area contributed by atoms with Crippen LogP contribution >= 0.6 is 0 Å². The van der Waals surface area contributed by atoms with E-state index in [4.69, 9.17) is 5.73 Å². The van der Waals surface area contributed by atoms with Gasteiger partial charge in [0.25, 0.3) is 10.0 Å². The van der Waals surface area contributed by atoms with Crippen LogP contribution in [0.4, 0.5) is 0 Å². The maximum absolute atomic E-state index is 11.9. The first-order valence-corrected chi connectivity index (χ1v) is 8.00. The highest BCUT2D eigenvalue weighted by molar-refractivity contribution is 7.90. The average Bonchev–Trinajstić information content (AvgIpc) is 2.65. The van der Waals surface area contributed by atoms with Gasteiger partial charge in [-0.05, 0) is 37.8 Å². The van der Waals surface area contributed by atoms with Crippen molar-refractivity contribution in [2.24, 2.45) is 10.7 Å². The molecule has 0 unspecified atom stereocenters. The van der Waals surface area contributed by atoms with Crippen molar-refractivity contribution in [3.8, 4) is 0 Å². The van der Waals surface area contributed by atoms with E-state index >= 15 is 0 Å². The molecule has 0 bridgehead atoms. The Morgan fingerprint density at radius 2 is 1.84 bits per heavy atom. The fraction of sp³-hybridized carbons (Fsp3) is 0.462. The van der Waals surface area contributed by atoms with Crippen molar-refractivity contribution in [2.75, 3.05) is 0 Å². The van der Waals surface area contributed by atoms with Crippen molar-refractivity contribution < 1.29 is 8.42 Å². The molecule has 0 amide bonds. The number of aliphatic imine (C=N–C) groups is 1. The van der Waals surface area contributed by atoms with Crippen LogP contribution in [-0.4, -0.2) is 26.3 Å². The molecule has 0 aromatic heterocycles. The number of nitrogens with zero attached hydrogens (tertiary/aromatic N) is 1. The molecule has 0 atom stereocenters. The third kappa shape index (κ3) is 2.37. The third-order valence-electron chi connectivity index (χ3n) is 3.72. The second kappa shape index (κ2) is 4.61. The van der Waals surface area contributed by atoms with Crippen LogP contribution in [0.15, 0.2) is 34.2 Å². The third-order valence-corrected chi connectivity index (χ3v) is 5.11. The number of hydrogen-bond acceptors (Lipinski definition) is 4. The molecule has 0 radical (unpaired) electrons. The molecule has 1 aromatic rings. The van der Waals surface area contributed by atoms with E-state index in [1.807, 2.05) is 6.07 Å². The van der Waals surface area contributed by atoms with Gasteiger partial charge < -0.3 is 5.73 Å². The standard InChI is InChI=1S/C13H17N3O2S/c14-9-5-7-10(8-6-9)15-13-11-3-1-2-4-12(11)19(17,18)16-13/h1-4,9-10H,5-8,14H2,(H,15,16). The topological polar surface area (TPSA) is 84.5 Å². The zero-order chi connectivity index (χ0) is 13.5. The Labute approximate surface area is 113 Å². The molecule has 1 saturated carbocycles. The smallest absolute Gasteiger partial charge is 0.263 e. The second-order valence-electron chi connectivity index (χ2n) is 5.15. The molecule has 1 aliphatic heterocycles. The lowest BCUT2D eigenvalue weighted by Crippen LogP contribution is -2.30. The van der Waals surface area contributed by atoms with Gasteiger partial charge in [-0.15, -0.1) is 0 Å². The van der Waals surface area contributed by atoms with Gasteiger partial charge in [0.15, 0.2) is 0 Å². The Morgan fingerprint density at radius 3 is 2.58 bits per heavy atom. The summed E-state index contributed by atoms with van der Waals surface area (Å²) < 4.78 is 26.4. The van der Waals surface area contributed by atoms with Crippen LogP contribution in [-0.2, 0) is 10.0 Å². The molecule has 0 spiro atoms. The normalized spacial score (nSPS) is 30.9. The van der Waals surface area contributed by atoms with Gasteiger partial charge in [0.2, 0.25) is 0 Å². The number of fused-ring (bicyclic) bond motifs is 1. The van der Waals surface area contributed by atoms with Crippen LogP contribution in [0.1, 0.15) is 31.2 Å². The molecular weight excluding hydrogens is 262 g/mol. The lowest BCUT2D eigenvalue weighted by atomic mass is 9.92. The zero-order valence-electron chi connectivity index (χ0n) is 10.5. The van der Waals surface area contributed by atoms with Crippen molar-refractivity contribution in [3.05, 3.63) is 29.8 Å². The monoisotopic (exact) mass is 279 g/mol. The zero-order valence-corrected chi connectivity index (χ0v) is 11.4. The molecule has 102 valence electrons. The Bertz CT molecular complexity index is 617. The van der Waals surface area contributed by atoms with Crippen LogP contribution in [0.3, 0.4) is 0 Å². The molecule has 3 rings (SSSR count). The predicted octanol–water partition coefficient (Wildman–Crippen LogP) is 0.995. The van der Waals surface area contributed by atoms with Crippen molar-refractivity contribution in [2.45, 2.75) is 42.7 Å². The van der Waals surface area contributed by atoms with Crippen LogP contribution in [0, 0.1) is 0 Å².